The number of nitrogens with zero attached hydrogens (tertiary/aromatic N) is 3. The van der Waals surface area contributed by atoms with Crippen LogP contribution in [0.5, 0.6) is 0 Å². The Balaban J connectivity index is 1.65. The van der Waals surface area contributed by atoms with E-state index in [0.717, 1.165) is 42.4 Å². The average molecular weight is 478 g/mol. The fraction of sp³-hybridized carbons (Fsp3) is 0.444. The summed E-state index contributed by atoms with van der Waals surface area (Å²) in [7, 11) is 0. The molecular weight excluding hydrogens is 449 g/mol. The summed E-state index contributed by atoms with van der Waals surface area (Å²) >= 11 is 0. The number of rotatable bonds is 3. The molecule has 3 aliphatic heterocycles. The van der Waals surface area contributed by atoms with Gasteiger partial charge >= 0.3 is 5.97 Å². The average Bonchev–Trinajstić information content (AvgIpc) is 3.50. The fourth-order valence-corrected chi connectivity index (χ4v) is 6.03. The Hall–Kier alpha value is -3.10. The van der Waals surface area contributed by atoms with Gasteiger partial charge in [0.15, 0.2) is 5.60 Å². The number of aliphatic hydroxyl groups is 1. The summed E-state index contributed by atoms with van der Waals surface area (Å²) in [6, 6.07) is 5.10. The molecule has 0 spiro atoms. The van der Waals surface area contributed by atoms with Crippen LogP contribution < -0.4 is 5.56 Å². The van der Waals surface area contributed by atoms with Crippen LogP contribution in [0.2, 0.25) is 0 Å². The molecule has 0 amide bonds. The van der Waals surface area contributed by atoms with E-state index >= 15 is 0 Å². The van der Waals surface area contributed by atoms with E-state index in [1.54, 1.807) is 24.5 Å². The maximum absolute atomic E-state index is 14.6. The van der Waals surface area contributed by atoms with Crippen LogP contribution in [0.3, 0.4) is 0 Å². The third-order valence-electron chi connectivity index (χ3n) is 8.12. The summed E-state index contributed by atoms with van der Waals surface area (Å²) in [5.74, 6) is -1.07. The summed E-state index contributed by atoms with van der Waals surface area (Å²) in [4.78, 5) is 33.3. The zero-order valence-electron chi connectivity index (χ0n) is 20.2. The SMILES string of the molecule is CC[C@@]1(O)C(=O)OCc2c1cc1n(c2=O)Cc2c-1nc1cc(F)c(C)cc1c2[C@H](C)N1CCCC1. The first-order valence-electron chi connectivity index (χ1n) is 12.3. The van der Waals surface area contributed by atoms with Gasteiger partial charge in [-0.1, -0.05) is 6.92 Å². The van der Waals surface area contributed by atoms with Gasteiger partial charge in [-0.2, -0.15) is 0 Å². The largest absolute Gasteiger partial charge is 0.458 e. The molecule has 35 heavy (non-hydrogen) atoms. The van der Waals surface area contributed by atoms with Crippen molar-refractivity contribution in [2.45, 2.75) is 64.8 Å². The van der Waals surface area contributed by atoms with E-state index in [1.807, 2.05) is 6.07 Å². The van der Waals surface area contributed by atoms with E-state index in [-0.39, 0.29) is 36.0 Å². The van der Waals surface area contributed by atoms with Crippen LogP contribution in [-0.4, -0.2) is 38.6 Å². The van der Waals surface area contributed by atoms with Gasteiger partial charge in [0, 0.05) is 28.6 Å². The number of carbonyl (C=O) groups is 1. The summed E-state index contributed by atoms with van der Waals surface area (Å²) < 4.78 is 21.4. The van der Waals surface area contributed by atoms with Crippen LogP contribution in [0.25, 0.3) is 22.3 Å². The molecule has 3 aliphatic rings. The Kier molecular flexibility index (Phi) is 4.92. The van der Waals surface area contributed by atoms with Crippen molar-refractivity contribution in [3.05, 3.63) is 62.2 Å². The molecular formula is C27H28FN3O4. The third kappa shape index (κ3) is 3.06. The lowest BCUT2D eigenvalue weighted by Gasteiger charge is -2.31. The molecule has 7 nitrogen and oxygen atoms in total. The Morgan fingerprint density at radius 1 is 1.20 bits per heavy atom. The number of aromatic nitrogens is 2. The van der Waals surface area contributed by atoms with Crippen LogP contribution in [0.15, 0.2) is 23.0 Å². The number of esters is 1. The van der Waals surface area contributed by atoms with Gasteiger partial charge in [-0.25, -0.2) is 14.2 Å². The van der Waals surface area contributed by atoms with Gasteiger partial charge in [0.25, 0.3) is 5.56 Å². The number of cyclic esters (lactones) is 1. The van der Waals surface area contributed by atoms with Crippen LogP contribution >= 0.6 is 0 Å². The second kappa shape index (κ2) is 7.70. The maximum Gasteiger partial charge on any atom is 0.343 e. The van der Waals surface area contributed by atoms with Crippen molar-refractivity contribution in [3.63, 3.8) is 0 Å². The highest BCUT2D eigenvalue weighted by Gasteiger charge is 2.45. The summed E-state index contributed by atoms with van der Waals surface area (Å²) in [6.45, 7) is 7.75. The summed E-state index contributed by atoms with van der Waals surface area (Å²) in [5, 5.41) is 12.0. The van der Waals surface area contributed by atoms with Crippen molar-refractivity contribution in [2.75, 3.05) is 13.1 Å². The fourth-order valence-electron chi connectivity index (χ4n) is 6.03. The van der Waals surface area contributed by atoms with Crippen LogP contribution in [0.4, 0.5) is 4.39 Å². The van der Waals surface area contributed by atoms with Gasteiger partial charge in [0.05, 0.1) is 29.0 Å². The van der Waals surface area contributed by atoms with Gasteiger partial charge in [-0.3, -0.25) is 9.69 Å². The number of hydrogen-bond acceptors (Lipinski definition) is 6. The molecule has 2 atom stereocenters. The number of aryl methyl sites for hydroxylation is 1. The number of halogens is 1. The smallest absolute Gasteiger partial charge is 0.343 e. The van der Waals surface area contributed by atoms with Crippen LogP contribution in [0, 0.1) is 12.7 Å². The lowest BCUT2D eigenvalue weighted by molar-refractivity contribution is -0.172. The zero-order valence-corrected chi connectivity index (χ0v) is 20.2. The second-order valence-corrected chi connectivity index (χ2v) is 9.99. The van der Waals surface area contributed by atoms with Crippen LogP contribution in [0.1, 0.15) is 67.0 Å². The van der Waals surface area contributed by atoms with E-state index in [2.05, 4.69) is 11.8 Å². The molecule has 182 valence electrons. The van der Waals surface area contributed by atoms with Gasteiger partial charge in [0.1, 0.15) is 12.4 Å². The van der Waals surface area contributed by atoms with Gasteiger partial charge < -0.3 is 14.4 Å². The number of ether oxygens (including phenoxy) is 1. The molecule has 0 aliphatic carbocycles. The first-order chi connectivity index (χ1) is 16.7. The zero-order chi connectivity index (χ0) is 24.6. The van der Waals surface area contributed by atoms with E-state index in [0.29, 0.717) is 34.6 Å². The van der Waals surface area contributed by atoms with E-state index in [4.69, 9.17) is 9.72 Å². The Morgan fingerprint density at radius 3 is 2.66 bits per heavy atom. The molecule has 0 saturated carbocycles. The Bertz CT molecular complexity index is 1470. The topological polar surface area (TPSA) is 84.7 Å². The van der Waals surface area contributed by atoms with Crippen molar-refractivity contribution in [3.8, 4) is 11.4 Å². The highest BCUT2D eigenvalue weighted by molar-refractivity contribution is 5.90. The number of benzene rings is 1. The van der Waals surface area contributed by atoms with Crippen molar-refractivity contribution < 1.29 is 19.0 Å². The lowest BCUT2D eigenvalue weighted by Crippen LogP contribution is -2.44. The number of likely N-dealkylation sites (tertiary alicyclic amines) is 1. The minimum atomic E-state index is -1.88. The highest BCUT2D eigenvalue weighted by atomic mass is 19.1. The molecule has 6 rings (SSSR count). The molecule has 0 radical (unpaired) electrons. The van der Waals surface area contributed by atoms with Gasteiger partial charge in [-0.05, 0) is 69.5 Å². The molecule has 0 bridgehead atoms. The van der Waals surface area contributed by atoms with Gasteiger partial charge in [-0.15, -0.1) is 0 Å². The summed E-state index contributed by atoms with van der Waals surface area (Å²) in [6.07, 6.45) is 2.36. The molecule has 1 fully saturated rings. The first-order valence-corrected chi connectivity index (χ1v) is 12.3. The Labute approximate surface area is 202 Å². The number of hydrogen-bond donors (Lipinski definition) is 1. The van der Waals surface area contributed by atoms with Crippen molar-refractivity contribution in [2.24, 2.45) is 0 Å². The molecule has 5 heterocycles. The van der Waals surface area contributed by atoms with E-state index < -0.39 is 11.6 Å². The number of fused-ring (bicyclic) bond motifs is 5. The van der Waals surface area contributed by atoms with Crippen LogP contribution in [-0.2, 0) is 28.3 Å². The molecule has 1 N–H and O–H groups in total. The number of pyridine rings is 2. The van der Waals surface area contributed by atoms with Gasteiger partial charge in [0.2, 0.25) is 0 Å². The maximum atomic E-state index is 14.6. The van der Waals surface area contributed by atoms with E-state index in [9.17, 15) is 19.1 Å². The molecule has 2 aromatic heterocycles. The predicted molar refractivity (Wildman–Crippen MR) is 128 cm³/mol. The normalized spacial score (nSPS) is 22.1. The monoisotopic (exact) mass is 477 g/mol. The predicted octanol–water partition coefficient (Wildman–Crippen LogP) is 3.68. The molecule has 1 saturated heterocycles. The van der Waals surface area contributed by atoms with Crippen molar-refractivity contribution in [1.82, 2.24) is 14.5 Å². The molecule has 0 unspecified atom stereocenters. The molecule has 3 aromatic rings. The third-order valence-corrected chi connectivity index (χ3v) is 8.12. The summed E-state index contributed by atoms with van der Waals surface area (Å²) in [5.41, 5.74) is 2.67. The minimum Gasteiger partial charge on any atom is -0.458 e. The first kappa shape index (κ1) is 22.4. The molecule has 8 heteroatoms. The van der Waals surface area contributed by atoms with Crippen molar-refractivity contribution in [1.29, 1.82) is 0 Å². The second-order valence-electron chi connectivity index (χ2n) is 9.99. The minimum absolute atomic E-state index is 0.0683. The highest BCUT2D eigenvalue weighted by Crippen LogP contribution is 2.43. The Morgan fingerprint density at radius 2 is 1.94 bits per heavy atom. The standard InChI is InChI=1S/C27H28FN3O4/c1-4-27(34)19-10-22-24-17(12-31(22)25(32)18(19)13-35-26(27)33)23(15(3)30-7-5-6-8-30)16-9-14(2)20(28)11-21(16)29-24/h9-11,15,34H,4-8,12-13H2,1-3H3/t15-,27-/m0/s1. The number of carbonyl (C=O) groups excluding carboxylic acids is 1. The van der Waals surface area contributed by atoms with E-state index in [1.165, 1.54) is 6.07 Å². The van der Waals surface area contributed by atoms with Crippen molar-refractivity contribution >= 4 is 16.9 Å². The molecule has 1 aromatic carbocycles. The lowest BCUT2D eigenvalue weighted by atomic mass is 9.86. The quantitative estimate of drug-likeness (QED) is 0.453.